The average molecular weight is 248 g/mol. The second kappa shape index (κ2) is 5.08. The number of rotatable bonds is 2. The molecule has 1 fully saturated rings. The van der Waals surface area contributed by atoms with Gasteiger partial charge in [0.25, 0.3) is 0 Å². The summed E-state index contributed by atoms with van der Waals surface area (Å²) in [6.07, 6.45) is -0.974. The van der Waals surface area contributed by atoms with Crippen molar-refractivity contribution in [3.63, 3.8) is 0 Å². The minimum atomic E-state index is -0.595. The van der Waals surface area contributed by atoms with Gasteiger partial charge in [-0.1, -0.05) is 30.3 Å². The maximum atomic E-state index is 11.8. The summed E-state index contributed by atoms with van der Waals surface area (Å²) in [5.41, 5.74) is 0.894. The second-order valence-corrected chi connectivity index (χ2v) is 4.50. The summed E-state index contributed by atoms with van der Waals surface area (Å²) in [5.74, 6) is 0. The summed E-state index contributed by atoms with van der Waals surface area (Å²) < 4.78 is 5.19. The number of benzene rings is 1. The van der Waals surface area contributed by atoms with Gasteiger partial charge in [0.15, 0.2) is 0 Å². The molecule has 96 valence electrons. The Balaban J connectivity index is 2.05. The van der Waals surface area contributed by atoms with Gasteiger partial charge in [0.2, 0.25) is 0 Å². The van der Waals surface area contributed by atoms with E-state index in [1.165, 1.54) is 0 Å². The first-order valence-electron chi connectivity index (χ1n) is 5.91. The topological polar surface area (TPSA) is 58.6 Å². The molecule has 5 nitrogen and oxygen atoms in total. The van der Waals surface area contributed by atoms with E-state index in [1.54, 1.807) is 0 Å². The Kier molecular flexibility index (Phi) is 3.50. The van der Waals surface area contributed by atoms with Crippen LogP contribution < -0.4 is 5.32 Å². The lowest BCUT2D eigenvalue weighted by Crippen LogP contribution is -2.43. The maximum Gasteiger partial charge on any atom is 0.418 e. The lowest BCUT2D eigenvalue weighted by molar-refractivity contribution is 0.134. The van der Waals surface area contributed by atoms with E-state index in [0.717, 1.165) is 10.5 Å². The molecule has 2 rings (SSSR count). The Morgan fingerprint density at radius 3 is 2.67 bits per heavy atom. The Labute approximate surface area is 106 Å². The van der Waals surface area contributed by atoms with Gasteiger partial charge >= 0.3 is 12.1 Å². The van der Waals surface area contributed by atoms with Gasteiger partial charge in [-0.3, -0.25) is 0 Å². The van der Waals surface area contributed by atoms with Crippen molar-refractivity contribution in [2.45, 2.75) is 26.0 Å². The predicted molar refractivity (Wildman–Crippen MR) is 66.0 cm³/mol. The molecule has 0 aliphatic carbocycles. The van der Waals surface area contributed by atoms with Crippen LogP contribution in [0.5, 0.6) is 0 Å². The molecule has 0 aromatic heterocycles. The number of carbonyl (C=O) groups is 2. The first-order chi connectivity index (χ1) is 8.58. The molecule has 1 aromatic carbocycles. The van der Waals surface area contributed by atoms with Gasteiger partial charge in [-0.15, -0.1) is 0 Å². The van der Waals surface area contributed by atoms with Crippen LogP contribution in [-0.2, 0) is 4.74 Å². The number of imide groups is 1. The second-order valence-electron chi connectivity index (χ2n) is 4.50. The number of ether oxygens (including phenoxy) is 1. The Morgan fingerprint density at radius 2 is 2.06 bits per heavy atom. The molecule has 0 spiro atoms. The number of nitrogens with zero attached hydrogens (tertiary/aromatic N) is 1. The fourth-order valence-corrected chi connectivity index (χ4v) is 1.79. The summed E-state index contributed by atoms with van der Waals surface area (Å²) in [6, 6.07) is 8.97. The van der Waals surface area contributed by atoms with Crippen molar-refractivity contribution in [2.75, 3.05) is 6.54 Å². The molecule has 1 saturated heterocycles. The fourth-order valence-electron chi connectivity index (χ4n) is 1.79. The zero-order chi connectivity index (χ0) is 13.1. The van der Waals surface area contributed by atoms with Crippen molar-refractivity contribution in [1.29, 1.82) is 0 Å². The maximum absolute atomic E-state index is 11.8. The first-order valence-corrected chi connectivity index (χ1v) is 5.91. The minimum absolute atomic E-state index is 0.0129. The van der Waals surface area contributed by atoms with E-state index in [4.69, 9.17) is 4.74 Å². The fraction of sp³-hybridized carbons (Fsp3) is 0.385. The molecule has 0 radical (unpaired) electrons. The van der Waals surface area contributed by atoms with Crippen LogP contribution in [0.25, 0.3) is 0 Å². The largest absolute Gasteiger partial charge is 0.439 e. The predicted octanol–water partition coefficient (Wildman–Crippen LogP) is 2.30. The standard InChI is InChI=1S/C13H16N2O3/c1-9(2)14-12(16)15-8-11(18-13(15)17)10-6-4-3-5-7-10/h3-7,9,11H,8H2,1-2H3,(H,14,16). The quantitative estimate of drug-likeness (QED) is 0.873. The summed E-state index contributed by atoms with van der Waals surface area (Å²) >= 11 is 0. The molecule has 1 unspecified atom stereocenters. The summed E-state index contributed by atoms with van der Waals surface area (Å²) in [4.78, 5) is 24.5. The average Bonchev–Trinajstić information content (AvgIpc) is 2.72. The van der Waals surface area contributed by atoms with E-state index in [1.807, 2.05) is 44.2 Å². The molecule has 1 aliphatic rings. The van der Waals surface area contributed by atoms with Gasteiger partial charge in [-0.25, -0.2) is 14.5 Å². The third kappa shape index (κ3) is 2.61. The molecular formula is C13H16N2O3. The van der Waals surface area contributed by atoms with Crippen molar-refractivity contribution < 1.29 is 14.3 Å². The molecule has 1 heterocycles. The summed E-state index contributed by atoms with van der Waals surface area (Å²) in [5, 5.41) is 2.67. The molecule has 18 heavy (non-hydrogen) atoms. The highest BCUT2D eigenvalue weighted by molar-refractivity contribution is 5.92. The van der Waals surface area contributed by atoms with E-state index in [-0.39, 0.29) is 18.7 Å². The van der Waals surface area contributed by atoms with Gasteiger partial charge in [-0.05, 0) is 19.4 Å². The van der Waals surface area contributed by atoms with E-state index < -0.39 is 12.1 Å². The van der Waals surface area contributed by atoms with Gasteiger partial charge in [-0.2, -0.15) is 0 Å². The molecule has 1 aromatic rings. The monoisotopic (exact) mass is 248 g/mol. The third-order valence-electron chi connectivity index (χ3n) is 2.64. The molecule has 1 aliphatic heterocycles. The number of cyclic esters (lactones) is 1. The third-order valence-corrected chi connectivity index (χ3v) is 2.64. The zero-order valence-electron chi connectivity index (χ0n) is 10.4. The number of nitrogens with one attached hydrogen (secondary N) is 1. The SMILES string of the molecule is CC(C)NC(=O)N1CC(c2ccccc2)OC1=O. The lowest BCUT2D eigenvalue weighted by atomic mass is 10.1. The Hall–Kier alpha value is -2.04. The van der Waals surface area contributed by atoms with Gasteiger partial charge in [0, 0.05) is 6.04 Å². The normalized spacial score (nSPS) is 18.9. The highest BCUT2D eigenvalue weighted by atomic mass is 16.6. The number of amides is 3. The smallest absolute Gasteiger partial charge is 0.418 e. The summed E-state index contributed by atoms with van der Waals surface area (Å²) in [7, 11) is 0. The minimum Gasteiger partial charge on any atom is -0.439 e. The van der Waals surface area contributed by atoms with Crippen molar-refractivity contribution in [3.05, 3.63) is 35.9 Å². The van der Waals surface area contributed by atoms with Crippen LogP contribution >= 0.6 is 0 Å². The molecule has 5 heteroatoms. The van der Waals surface area contributed by atoms with E-state index in [0.29, 0.717) is 0 Å². The Morgan fingerprint density at radius 1 is 1.39 bits per heavy atom. The van der Waals surface area contributed by atoms with E-state index in [9.17, 15) is 9.59 Å². The highest BCUT2D eigenvalue weighted by Gasteiger charge is 2.36. The zero-order valence-corrected chi connectivity index (χ0v) is 10.4. The van der Waals surface area contributed by atoms with E-state index >= 15 is 0 Å². The van der Waals surface area contributed by atoms with Crippen LogP contribution in [0.4, 0.5) is 9.59 Å². The van der Waals surface area contributed by atoms with Gasteiger partial charge < -0.3 is 10.1 Å². The van der Waals surface area contributed by atoms with Crippen LogP contribution in [0.1, 0.15) is 25.5 Å². The van der Waals surface area contributed by atoms with Crippen LogP contribution in [0.3, 0.4) is 0 Å². The van der Waals surface area contributed by atoms with Crippen LogP contribution in [0.15, 0.2) is 30.3 Å². The lowest BCUT2D eigenvalue weighted by Gasteiger charge is -2.14. The Bertz CT molecular complexity index is 445. The van der Waals surface area contributed by atoms with Crippen molar-refractivity contribution in [3.8, 4) is 0 Å². The first kappa shape index (κ1) is 12.4. The van der Waals surface area contributed by atoms with Crippen molar-refractivity contribution in [2.24, 2.45) is 0 Å². The van der Waals surface area contributed by atoms with Crippen LogP contribution in [0.2, 0.25) is 0 Å². The van der Waals surface area contributed by atoms with Crippen LogP contribution in [-0.4, -0.2) is 29.6 Å². The molecule has 1 atom stereocenters. The van der Waals surface area contributed by atoms with Crippen LogP contribution in [0, 0.1) is 0 Å². The number of urea groups is 1. The number of hydrogen-bond acceptors (Lipinski definition) is 3. The van der Waals surface area contributed by atoms with Crippen molar-refractivity contribution in [1.82, 2.24) is 10.2 Å². The number of carbonyl (C=O) groups excluding carboxylic acids is 2. The van der Waals surface area contributed by atoms with E-state index in [2.05, 4.69) is 5.32 Å². The van der Waals surface area contributed by atoms with Crippen molar-refractivity contribution >= 4 is 12.1 Å². The van der Waals surface area contributed by atoms with Gasteiger partial charge in [0.05, 0.1) is 6.54 Å². The summed E-state index contributed by atoms with van der Waals surface area (Å²) in [6.45, 7) is 3.93. The molecule has 1 N–H and O–H groups in total. The highest BCUT2D eigenvalue weighted by Crippen LogP contribution is 2.25. The molecule has 3 amide bonds. The molecule has 0 saturated carbocycles. The molecular weight excluding hydrogens is 232 g/mol. The molecule has 0 bridgehead atoms. The number of hydrogen-bond donors (Lipinski definition) is 1. The van der Waals surface area contributed by atoms with Gasteiger partial charge in [0.1, 0.15) is 6.10 Å².